The van der Waals surface area contributed by atoms with Gasteiger partial charge in [-0.15, -0.1) is 0 Å². The quantitative estimate of drug-likeness (QED) is 0.609. The first-order chi connectivity index (χ1) is 13.4. The van der Waals surface area contributed by atoms with Crippen LogP contribution in [0.15, 0.2) is 40.0 Å². The zero-order valence-electron chi connectivity index (χ0n) is 16.6. The summed E-state index contributed by atoms with van der Waals surface area (Å²) in [6.45, 7) is 9.24. The van der Waals surface area contributed by atoms with Crippen molar-refractivity contribution in [1.82, 2.24) is 20.3 Å². The Bertz CT molecular complexity index is 801. The summed E-state index contributed by atoms with van der Waals surface area (Å²) in [5.74, 6) is 0.546. The second-order valence-electron chi connectivity index (χ2n) is 7.66. The molecule has 6 nitrogen and oxygen atoms in total. The van der Waals surface area contributed by atoms with Crippen LogP contribution in [0, 0.1) is 5.82 Å². The molecule has 1 N–H and O–H groups in total. The molecule has 1 aromatic heterocycles. The van der Waals surface area contributed by atoms with Crippen LogP contribution in [0.5, 0.6) is 0 Å². The molecule has 2 aromatic rings. The number of hydrogen-bond donors (Lipinski definition) is 1. The highest BCUT2D eigenvalue weighted by atomic mass is 35.5. The summed E-state index contributed by atoms with van der Waals surface area (Å²) in [5.41, 5.74) is 1.60. The second-order valence-corrected chi connectivity index (χ2v) is 8.07. The van der Waals surface area contributed by atoms with Crippen molar-refractivity contribution in [2.45, 2.75) is 25.8 Å². The molecule has 152 valence electrons. The number of nitrogens with zero attached hydrogens (tertiary/aromatic N) is 4. The number of guanidine groups is 1. The molecule has 0 bridgehead atoms. The van der Waals surface area contributed by atoms with Crippen LogP contribution in [0.25, 0.3) is 0 Å². The molecule has 1 fully saturated rings. The van der Waals surface area contributed by atoms with Crippen molar-refractivity contribution >= 4 is 17.6 Å². The summed E-state index contributed by atoms with van der Waals surface area (Å²) in [6, 6.07) is 6.47. The SMILES string of the molecule is CN=C(NCC(C)(C)c1ccc(F)cc1Cl)N1CCN(Cc2ccon2)CC1. The van der Waals surface area contributed by atoms with Crippen molar-refractivity contribution in [3.05, 3.63) is 52.6 Å². The Balaban J connectivity index is 1.54. The maximum absolute atomic E-state index is 13.4. The van der Waals surface area contributed by atoms with E-state index in [1.54, 1.807) is 19.4 Å². The van der Waals surface area contributed by atoms with Crippen molar-refractivity contribution in [3.63, 3.8) is 0 Å². The Kier molecular flexibility index (Phi) is 6.57. The lowest BCUT2D eigenvalue weighted by molar-refractivity contribution is 0.168. The molecule has 0 amide bonds. The van der Waals surface area contributed by atoms with Crippen molar-refractivity contribution < 1.29 is 8.91 Å². The molecule has 1 aliphatic rings. The first-order valence-corrected chi connectivity index (χ1v) is 9.79. The molecule has 3 rings (SSSR count). The molecular formula is C20H27ClFN5O. The molecule has 0 aliphatic carbocycles. The molecule has 28 heavy (non-hydrogen) atoms. The predicted octanol–water partition coefficient (Wildman–Crippen LogP) is 3.14. The van der Waals surface area contributed by atoms with Gasteiger partial charge in [0.1, 0.15) is 12.1 Å². The van der Waals surface area contributed by atoms with E-state index < -0.39 is 0 Å². The third-order valence-electron chi connectivity index (χ3n) is 5.11. The number of hydrogen-bond acceptors (Lipinski definition) is 4. The minimum Gasteiger partial charge on any atom is -0.364 e. The topological polar surface area (TPSA) is 56.9 Å². The summed E-state index contributed by atoms with van der Waals surface area (Å²) < 4.78 is 18.3. The van der Waals surface area contributed by atoms with E-state index in [1.165, 1.54) is 12.1 Å². The van der Waals surface area contributed by atoms with Gasteiger partial charge in [0.2, 0.25) is 0 Å². The van der Waals surface area contributed by atoms with E-state index in [2.05, 4.69) is 39.1 Å². The highest BCUT2D eigenvalue weighted by Gasteiger charge is 2.26. The number of nitrogens with one attached hydrogen (secondary N) is 1. The molecule has 0 radical (unpaired) electrons. The summed E-state index contributed by atoms with van der Waals surface area (Å²) in [6.07, 6.45) is 1.60. The van der Waals surface area contributed by atoms with E-state index in [4.69, 9.17) is 16.1 Å². The summed E-state index contributed by atoms with van der Waals surface area (Å²) >= 11 is 6.26. The lowest BCUT2D eigenvalue weighted by Gasteiger charge is -2.37. The molecule has 2 heterocycles. The van der Waals surface area contributed by atoms with E-state index in [0.717, 1.165) is 49.9 Å². The lowest BCUT2D eigenvalue weighted by Crippen LogP contribution is -2.53. The standard InChI is InChI=1S/C20H27ClFN5O/c1-20(2,17-5-4-15(22)12-18(17)21)14-24-19(23-3)27-9-7-26(8-10-27)13-16-6-11-28-25-16/h4-6,11-12H,7-10,13-14H2,1-3H3,(H,23,24). The molecule has 1 aliphatic heterocycles. The van der Waals surface area contributed by atoms with E-state index in [1.807, 2.05) is 6.07 Å². The molecule has 0 unspecified atom stereocenters. The van der Waals surface area contributed by atoms with Gasteiger partial charge >= 0.3 is 0 Å². The van der Waals surface area contributed by atoms with E-state index >= 15 is 0 Å². The van der Waals surface area contributed by atoms with Crippen LogP contribution >= 0.6 is 11.6 Å². The maximum Gasteiger partial charge on any atom is 0.193 e. The maximum atomic E-state index is 13.4. The normalized spacial score (nSPS) is 16.5. The number of piperazine rings is 1. The largest absolute Gasteiger partial charge is 0.364 e. The zero-order chi connectivity index (χ0) is 20.1. The molecule has 1 aromatic carbocycles. The van der Waals surface area contributed by atoms with Crippen molar-refractivity contribution in [2.75, 3.05) is 39.8 Å². The number of benzene rings is 1. The highest BCUT2D eigenvalue weighted by molar-refractivity contribution is 6.31. The molecular weight excluding hydrogens is 381 g/mol. The fourth-order valence-electron chi connectivity index (χ4n) is 3.43. The Hall–Kier alpha value is -2.12. The van der Waals surface area contributed by atoms with Crippen molar-refractivity contribution in [2.24, 2.45) is 4.99 Å². The Morgan fingerprint density at radius 3 is 2.64 bits per heavy atom. The number of rotatable bonds is 5. The van der Waals surface area contributed by atoms with E-state index in [0.29, 0.717) is 11.6 Å². The molecule has 1 saturated heterocycles. The minimum atomic E-state index is -0.322. The van der Waals surface area contributed by atoms with E-state index in [-0.39, 0.29) is 11.2 Å². The van der Waals surface area contributed by atoms with Gasteiger partial charge in [-0.25, -0.2) is 4.39 Å². The van der Waals surface area contributed by atoms with Crippen LogP contribution in [0.1, 0.15) is 25.1 Å². The zero-order valence-corrected chi connectivity index (χ0v) is 17.3. The second kappa shape index (κ2) is 8.92. The highest BCUT2D eigenvalue weighted by Crippen LogP contribution is 2.30. The minimum absolute atomic E-state index is 0.268. The smallest absolute Gasteiger partial charge is 0.193 e. The fraction of sp³-hybridized carbons (Fsp3) is 0.500. The monoisotopic (exact) mass is 407 g/mol. The van der Waals surface area contributed by atoms with Gasteiger partial charge in [-0.1, -0.05) is 36.7 Å². The van der Waals surface area contributed by atoms with Gasteiger partial charge in [-0.2, -0.15) is 0 Å². The Morgan fingerprint density at radius 2 is 2.04 bits per heavy atom. The number of halogens is 2. The van der Waals surface area contributed by atoms with Crippen molar-refractivity contribution in [1.29, 1.82) is 0 Å². The molecule has 8 heteroatoms. The van der Waals surface area contributed by atoms with Gasteiger partial charge in [-0.05, 0) is 17.7 Å². The number of aliphatic imine (C=N–C) groups is 1. The summed E-state index contributed by atoms with van der Waals surface area (Å²) in [4.78, 5) is 9.04. The first-order valence-electron chi connectivity index (χ1n) is 9.42. The van der Waals surface area contributed by atoms with Crippen LogP contribution in [0.4, 0.5) is 4.39 Å². The molecule has 0 spiro atoms. The van der Waals surface area contributed by atoms with Gasteiger partial charge in [0.05, 0.1) is 5.69 Å². The predicted molar refractivity (Wildman–Crippen MR) is 109 cm³/mol. The summed E-state index contributed by atoms with van der Waals surface area (Å²) in [5, 5.41) is 7.88. The summed E-state index contributed by atoms with van der Waals surface area (Å²) in [7, 11) is 1.79. The average Bonchev–Trinajstić information content (AvgIpc) is 3.16. The van der Waals surface area contributed by atoms with Crippen LogP contribution in [-0.4, -0.2) is 60.7 Å². The van der Waals surface area contributed by atoms with Gasteiger partial charge in [0.15, 0.2) is 5.96 Å². The Labute approximate surface area is 170 Å². The van der Waals surface area contributed by atoms with Gasteiger partial charge in [0.25, 0.3) is 0 Å². The number of aromatic nitrogens is 1. The third-order valence-corrected chi connectivity index (χ3v) is 5.42. The molecule has 0 atom stereocenters. The fourth-order valence-corrected chi connectivity index (χ4v) is 3.85. The van der Waals surface area contributed by atoms with Gasteiger partial charge in [-0.3, -0.25) is 9.89 Å². The van der Waals surface area contributed by atoms with Crippen LogP contribution < -0.4 is 5.32 Å². The lowest BCUT2D eigenvalue weighted by atomic mass is 9.84. The van der Waals surface area contributed by atoms with Crippen LogP contribution in [-0.2, 0) is 12.0 Å². The van der Waals surface area contributed by atoms with Gasteiger partial charge in [0, 0.05) is 62.8 Å². The van der Waals surface area contributed by atoms with Crippen LogP contribution in [0.3, 0.4) is 0 Å². The Morgan fingerprint density at radius 1 is 1.29 bits per heavy atom. The van der Waals surface area contributed by atoms with Crippen molar-refractivity contribution in [3.8, 4) is 0 Å². The van der Waals surface area contributed by atoms with Crippen LogP contribution in [0.2, 0.25) is 5.02 Å². The van der Waals surface area contributed by atoms with E-state index in [9.17, 15) is 4.39 Å². The average molecular weight is 408 g/mol. The first kappa shape index (κ1) is 20.6. The third kappa shape index (κ3) is 5.02. The van der Waals surface area contributed by atoms with Gasteiger partial charge < -0.3 is 14.7 Å². The molecule has 0 saturated carbocycles.